The van der Waals surface area contributed by atoms with E-state index in [2.05, 4.69) is 18.0 Å². The summed E-state index contributed by atoms with van der Waals surface area (Å²) in [7, 11) is 2.09. The Morgan fingerprint density at radius 3 is 3.00 bits per heavy atom. The normalized spacial score (nSPS) is 19.1. The van der Waals surface area contributed by atoms with E-state index in [-0.39, 0.29) is 5.78 Å². The van der Waals surface area contributed by atoms with Crippen molar-refractivity contribution in [2.24, 2.45) is 0 Å². The maximum atomic E-state index is 12.0. The zero-order chi connectivity index (χ0) is 11.8. The van der Waals surface area contributed by atoms with Gasteiger partial charge in [-0.15, -0.1) is 0 Å². The number of carbonyl (C=O) groups excluding carboxylic acids is 1. The van der Waals surface area contributed by atoms with Crippen molar-refractivity contribution in [3.63, 3.8) is 0 Å². The summed E-state index contributed by atoms with van der Waals surface area (Å²) in [5.74, 6) is 1.01. The topological polar surface area (TPSA) is 29.5 Å². The van der Waals surface area contributed by atoms with Crippen LogP contribution in [0.5, 0.6) is 5.75 Å². The highest BCUT2D eigenvalue weighted by Crippen LogP contribution is 2.34. The zero-order valence-electron chi connectivity index (χ0n) is 10.2. The standard InChI is InChI=1S/C14H17NO2/c1-15-6-2-4-10-8-14-11(9-12(10)15)13(16)5-3-7-17-14/h8-9H,2-7H2,1H3. The Labute approximate surface area is 101 Å². The van der Waals surface area contributed by atoms with Gasteiger partial charge in [0.05, 0.1) is 12.2 Å². The fourth-order valence-electron chi connectivity index (χ4n) is 2.68. The second kappa shape index (κ2) is 4.06. The van der Waals surface area contributed by atoms with Crippen molar-refractivity contribution in [2.75, 3.05) is 25.1 Å². The largest absolute Gasteiger partial charge is 0.493 e. The lowest BCUT2D eigenvalue weighted by Crippen LogP contribution is -2.25. The lowest BCUT2D eigenvalue weighted by Gasteiger charge is -2.28. The molecule has 0 fully saturated rings. The van der Waals surface area contributed by atoms with Gasteiger partial charge in [-0.1, -0.05) is 0 Å². The molecule has 2 heterocycles. The molecule has 0 atom stereocenters. The summed E-state index contributed by atoms with van der Waals surface area (Å²) in [6, 6.07) is 4.10. The first-order valence-electron chi connectivity index (χ1n) is 6.30. The van der Waals surface area contributed by atoms with Gasteiger partial charge in [0.25, 0.3) is 0 Å². The van der Waals surface area contributed by atoms with Crippen LogP contribution < -0.4 is 9.64 Å². The van der Waals surface area contributed by atoms with Crippen molar-refractivity contribution in [3.05, 3.63) is 23.3 Å². The number of fused-ring (bicyclic) bond motifs is 2. The first-order chi connectivity index (χ1) is 8.25. The summed E-state index contributed by atoms with van der Waals surface area (Å²) in [4.78, 5) is 14.2. The molecule has 1 aromatic rings. The first-order valence-corrected chi connectivity index (χ1v) is 6.30. The molecule has 0 bridgehead atoms. The molecule has 3 heteroatoms. The van der Waals surface area contributed by atoms with E-state index >= 15 is 0 Å². The number of aryl methyl sites for hydroxylation is 1. The second-order valence-electron chi connectivity index (χ2n) is 4.88. The molecular weight excluding hydrogens is 214 g/mol. The minimum atomic E-state index is 0.222. The molecule has 2 aliphatic heterocycles. The van der Waals surface area contributed by atoms with Gasteiger partial charge in [0.1, 0.15) is 5.75 Å². The van der Waals surface area contributed by atoms with Gasteiger partial charge >= 0.3 is 0 Å². The predicted molar refractivity (Wildman–Crippen MR) is 67.1 cm³/mol. The number of rotatable bonds is 0. The molecule has 90 valence electrons. The SMILES string of the molecule is CN1CCCc2cc3c(cc21)C(=O)CCCO3. The molecule has 3 rings (SSSR count). The first kappa shape index (κ1) is 10.6. The van der Waals surface area contributed by atoms with Crippen LogP contribution >= 0.6 is 0 Å². The fraction of sp³-hybridized carbons (Fsp3) is 0.500. The Morgan fingerprint density at radius 2 is 2.12 bits per heavy atom. The molecule has 0 amide bonds. The molecular formula is C14H17NO2. The van der Waals surface area contributed by atoms with Crippen LogP contribution in [0.4, 0.5) is 5.69 Å². The molecule has 17 heavy (non-hydrogen) atoms. The van der Waals surface area contributed by atoms with Crippen molar-refractivity contribution >= 4 is 11.5 Å². The van der Waals surface area contributed by atoms with Crippen molar-refractivity contribution in [3.8, 4) is 5.75 Å². The summed E-state index contributed by atoms with van der Waals surface area (Å²) in [5.41, 5.74) is 3.29. The van der Waals surface area contributed by atoms with Crippen LogP contribution in [0.2, 0.25) is 0 Å². The minimum Gasteiger partial charge on any atom is -0.493 e. The molecule has 0 saturated carbocycles. The summed E-state index contributed by atoms with van der Waals surface area (Å²) < 4.78 is 5.68. The summed E-state index contributed by atoms with van der Waals surface area (Å²) in [6.07, 6.45) is 3.70. The lowest BCUT2D eigenvalue weighted by molar-refractivity contribution is 0.0983. The quantitative estimate of drug-likeness (QED) is 0.686. The highest BCUT2D eigenvalue weighted by atomic mass is 16.5. The maximum Gasteiger partial charge on any atom is 0.166 e. The van der Waals surface area contributed by atoms with Gasteiger partial charge in [-0.3, -0.25) is 4.79 Å². The van der Waals surface area contributed by atoms with Gasteiger partial charge in [0.15, 0.2) is 5.78 Å². The molecule has 0 unspecified atom stereocenters. The Bertz CT molecular complexity index is 468. The van der Waals surface area contributed by atoms with E-state index in [9.17, 15) is 4.79 Å². The molecule has 0 aliphatic carbocycles. The number of hydrogen-bond donors (Lipinski definition) is 0. The number of ether oxygens (including phenoxy) is 1. The number of hydrogen-bond acceptors (Lipinski definition) is 3. The maximum absolute atomic E-state index is 12.0. The number of anilines is 1. The van der Waals surface area contributed by atoms with Crippen molar-refractivity contribution < 1.29 is 9.53 Å². The summed E-state index contributed by atoms with van der Waals surface area (Å²) in [6.45, 7) is 1.73. The average Bonchev–Trinajstić information content (AvgIpc) is 2.50. The molecule has 0 saturated heterocycles. The van der Waals surface area contributed by atoms with Crippen LogP contribution in [-0.2, 0) is 6.42 Å². The third kappa shape index (κ3) is 1.79. The van der Waals surface area contributed by atoms with Crippen molar-refractivity contribution in [1.29, 1.82) is 0 Å². The van der Waals surface area contributed by atoms with Gasteiger partial charge in [0, 0.05) is 25.7 Å². The predicted octanol–water partition coefficient (Wildman–Crippen LogP) is 2.42. The third-order valence-electron chi connectivity index (χ3n) is 3.64. The van der Waals surface area contributed by atoms with E-state index in [1.54, 1.807) is 0 Å². The van der Waals surface area contributed by atoms with Crippen LogP contribution in [0.3, 0.4) is 0 Å². The summed E-state index contributed by atoms with van der Waals surface area (Å²) >= 11 is 0. The van der Waals surface area contributed by atoms with Crippen molar-refractivity contribution in [2.45, 2.75) is 25.7 Å². The number of benzene rings is 1. The lowest BCUT2D eigenvalue weighted by atomic mass is 9.97. The van der Waals surface area contributed by atoms with Crippen molar-refractivity contribution in [1.82, 2.24) is 0 Å². The molecule has 1 aromatic carbocycles. The van der Waals surface area contributed by atoms with E-state index < -0.39 is 0 Å². The van der Waals surface area contributed by atoms with E-state index in [1.165, 1.54) is 17.7 Å². The fourth-order valence-corrected chi connectivity index (χ4v) is 2.68. The molecule has 0 N–H and O–H groups in total. The molecule has 3 nitrogen and oxygen atoms in total. The Morgan fingerprint density at radius 1 is 1.24 bits per heavy atom. The summed E-state index contributed by atoms with van der Waals surface area (Å²) in [5, 5.41) is 0. The van der Waals surface area contributed by atoms with Crippen LogP contribution in [-0.4, -0.2) is 26.0 Å². The van der Waals surface area contributed by atoms with E-state index in [0.717, 1.165) is 30.7 Å². The second-order valence-corrected chi connectivity index (χ2v) is 4.88. The molecule has 0 radical (unpaired) electrons. The van der Waals surface area contributed by atoms with Gasteiger partial charge in [-0.25, -0.2) is 0 Å². The highest BCUT2D eigenvalue weighted by molar-refractivity contribution is 6.00. The van der Waals surface area contributed by atoms with Crippen LogP contribution in [0, 0.1) is 0 Å². The van der Waals surface area contributed by atoms with Gasteiger partial charge in [0.2, 0.25) is 0 Å². The van der Waals surface area contributed by atoms with Crippen LogP contribution in [0.1, 0.15) is 35.2 Å². The van der Waals surface area contributed by atoms with E-state index in [1.807, 2.05) is 6.07 Å². The highest BCUT2D eigenvalue weighted by Gasteiger charge is 2.22. The smallest absolute Gasteiger partial charge is 0.166 e. The molecule has 0 aromatic heterocycles. The number of Topliss-reactive ketones (excluding diaryl/α,β-unsaturated/α-hetero) is 1. The van der Waals surface area contributed by atoms with Gasteiger partial charge in [-0.05, 0) is 37.0 Å². The molecule has 0 spiro atoms. The Kier molecular flexibility index (Phi) is 2.54. The zero-order valence-corrected chi connectivity index (χ0v) is 10.2. The third-order valence-corrected chi connectivity index (χ3v) is 3.64. The molecule has 2 aliphatic rings. The number of nitrogens with zero attached hydrogens (tertiary/aromatic N) is 1. The monoisotopic (exact) mass is 231 g/mol. The Hall–Kier alpha value is -1.51. The Balaban J connectivity index is 2.12. The van der Waals surface area contributed by atoms with Crippen LogP contribution in [0.25, 0.3) is 0 Å². The van der Waals surface area contributed by atoms with Gasteiger partial charge < -0.3 is 9.64 Å². The minimum absolute atomic E-state index is 0.222. The number of ketones is 1. The average molecular weight is 231 g/mol. The van der Waals surface area contributed by atoms with E-state index in [0.29, 0.717) is 13.0 Å². The number of carbonyl (C=O) groups is 1. The van der Waals surface area contributed by atoms with Gasteiger partial charge in [-0.2, -0.15) is 0 Å². The van der Waals surface area contributed by atoms with Crippen LogP contribution in [0.15, 0.2) is 12.1 Å². The van der Waals surface area contributed by atoms with E-state index in [4.69, 9.17) is 4.74 Å².